The predicted molar refractivity (Wildman–Crippen MR) is 66.6 cm³/mol. The monoisotopic (exact) mass is 297 g/mol. The average molecular weight is 298 g/mol. The van der Waals surface area contributed by atoms with Gasteiger partial charge in [-0.25, -0.2) is 0 Å². The molecule has 1 fully saturated rings. The van der Waals surface area contributed by atoms with E-state index in [4.69, 9.17) is 9.47 Å². The summed E-state index contributed by atoms with van der Waals surface area (Å²) in [6, 6.07) is 5.83. The molecule has 0 aromatic heterocycles. The van der Waals surface area contributed by atoms with Gasteiger partial charge in [-0.1, -0.05) is 22.0 Å². The van der Waals surface area contributed by atoms with Crippen LogP contribution in [0.1, 0.15) is 12.5 Å². The number of amides is 1. The summed E-state index contributed by atoms with van der Waals surface area (Å²) in [6.07, 6.45) is -0.432. The van der Waals surface area contributed by atoms with Gasteiger partial charge >= 0.3 is 0 Å². The van der Waals surface area contributed by atoms with Gasteiger partial charge in [0.2, 0.25) is 0 Å². The minimum absolute atomic E-state index is 0.108. The number of hydrogen-bond donors (Lipinski definition) is 1. The van der Waals surface area contributed by atoms with Crippen LogP contribution in [-0.4, -0.2) is 25.2 Å². The Hall–Kier alpha value is -1.07. The molecule has 1 aromatic rings. The summed E-state index contributed by atoms with van der Waals surface area (Å²) in [5.74, 6) is 0.611. The van der Waals surface area contributed by atoms with Crippen LogP contribution in [0.15, 0.2) is 18.2 Å². The number of ether oxygens (including phenoxy) is 2. The molecule has 1 amide bonds. The summed E-state index contributed by atoms with van der Waals surface area (Å²) in [5.41, 5.74) is 1.83. The van der Waals surface area contributed by atoms with Crippen LogP contribution in [-0.2, 0) is 13.9 Å². The zero-order chi connectivity index (χ0) is 12.0. The Morgan fingerprint density at radius 1 is 1.47 bits per heavy atom. The fraction of sp³-hybridized carbons (Fsp3) is 0.417. The van der Waals surface area contributed by atoms with Crippen molar-refractivity contribution in [3.63, 3.8) is 0 Å². The van der Waals surface area contributed by atoms with Gasteiger partial charge in [0.25, 0.3) is 5.91 Å². The number of carbonyl (C=O) groups is 1. The quantitative estimate of drug-likeness (QED) is 0.807. The minimum atomic E-state index is -0.432. The SMILES string of the molecule is CC1Oc2ccc(C3(Br)COC3)cc2NC1=O. The Bertz CT molecular complexity index is 485. The van der Waals surface area contributed by atoms with Crippen LogP contribution in [0.4, 0.5) is 5.69 Å². The van der Waals surface area contributed by atoms with Gasteiger partial charge in [0, 0.05) is 0 Å². The Kier molecular flexibility index (Phi) is 2.41. The van der Waals surface area contributed by atoms with E-state index < -0.39 is 6.10 Å². The van der Waals surface area contributed by atoms with E-state index in [1.165, 1.54) is 0 Å². The van der Waals surface area contributed by atoms with E-state index in [0.717, 1.165) is 17.0 Å². The molecule has 2 aliphatic heterocycles. The molecule has 1 atom stereocenters. The van der Waals surface area contributed by atoms with Crippen LogP contribution >= 0.6 is 15.9 Å². The molecule has 3 rings (SSSR count). The average Bonchev–Trinajstić information content (AvgIpc) is 2.27. The number of halogens is 1. The van der Waals surface area contributed by atoms with E-state index in [1.54, 1.807) is 6.92 Å². The molecular formula is C12H12BrNO3. The van der Waals surface area contributed by atoms with Crippen molar-refractivity contribution in [2.75, 3.05) is 18.5 Å². The summed E-state index contributed by atoms with van der Waals surface area (Å²) in [7, 11) is 0. The number of alkyl halides is 1. The second kappa shape index (κ2) is 3.71. The van der Waals surface area contributed by atoms with Crippen LogP contribution in [0.3, 0.4) is 0 Å². The molecular weight excluding hydrogens is 286 g/mol. The third-order valence-electron chi connectivity index (χ3n) is 3.09. The molecule has 0 spiro atoms. The van der Waals surface area contributed by atoms with Gasteiger partial charge in [-0.3, -0.25) is 4.79 Å². The summed E-state index contributed by atoms with van der Waals surface area (Å²) >= 11 is 3.65. The first-order valence-corrected chi connectivity index (χ1v) is 6.26. The minimum Gasteiger partial charge on any atom is -0.479 e. The van der Waals surface area contributed by atoms with Gasteiger partial charge in [0.1, 0.15) is 5.75 Å². The number of hydrogen-bond acceptors (Lipinski definition) is 3. The highest BCUT2D eigenvalue weighted by atomic mass is 79.9. The molecule has 4 nitrogen and oxygen atoms in total. The van der Waals surface area contributed by atoms with E-state index in [-0.39, 0.29) is 10.2 Å². The Morgan fingerprint density at radius 3 is 2.88 bits per heavy atom. The Labute approximate surface area is 107 Å². The lowest BCUT2D eigenvalue weighted by molar-refractivity contribution is -0.122. The highest BCUT2D eigenvalue weighted by Crippen LogP contribution is 2.42. The lowest BCUT2D eigenvalue weighted by Crippen LogP contribution is -2.41. The summed E-state index contributed by atoms with van der Waals surface area (Å²) in [5, 5.41) is 2.84. The third kappa shape index (κ3) is 1.73. The highest BCUT2D eigenvalue weighted by Gasteiger charge is 2.38. The molecule has 1 saturated heterocycles. The van der Waals surface area contributed by atoms with Crippen molar-refractivity contribution in [3.05, 3.63) is 23.8 Å². The van der Waals surface area contributed by atoms with Gasteiger partial charge in [-0.05, 0) is 24.6 Å². The molecule has 2 aliphatic rings. The van der Waals surface area contributed by atoms with Crippen molar-refractivity contribution in [2.24, 2.45) is 0 Å². The second-order valence-electron chi connectivity index (χ2n) is 4.42. The Morgan fingerprint density at radius 2 is 2.24 bits per heavy atom. The second-order valence-corrected chi connectivity index (χ2v) is 5.94. The summed E-state index contributed by atoms with van der Waals surface area (Å²) < 4.78 is 10.6. The van der Waals surface area contributed by atoms with Gasteiger partial charge in [0.05, 0.1) is 23.2 Å². The van der Waals surface area contributed by atoms with Crippen molar-refractivity contribution < 1.29 is 14.3 Å². The molecule has 1 N–H and O–H groups in total. The number of benzene rings is 1. The maximum Gasteiger partial charge on any atom is 0.265 e. The first-order chi connectivity index (χ1) is 8.08. The van der Waals surface area contributed by atoms with Crippen molar-refractivity contribution in [1.29, 1.82) is 0 Å². The van der Waals surface area contributed by atoms with Gasteiger partial charge in [-0.2, -0.15) is 0 Å². The fourth-order valence-electron chi connectivity index (χ4n) is 1.94. The maximum absolute atomic E-state index is 11.5. The zero-order valence-electron chi connectivity index (χ0n) is 9.33. The van der Waals surface area contributed by atoms with Gasteiger partial charge in [-0.15, -0.1) is 0 Å². The van der Waals surface area contributed by atoms with Crippen LogP contribution in [0.2, 0.25) is 0 Å². The normalized spacial score (nSPS) is 25.3. The maximum atomic E-state index is 11.5. The van der Waals surface area contributed by atoms with Crippen molar-refractivity contribution in [1.82, 2.24) is 0 Å². The van der Waals surface area contributed by atoms with Crippen LogP contribution in [0.25, 0.3) is 0 Å². The van der Waals surface area contributed by atoms with Crippen molar-refractivity contribution >= 4 is 27.5 Å². The lowest BCUT2D eigenvalue weighted by Gasteiger charge is -2.37. The van der Waals surface area contributed by atoms with E-state index in [9.17, 15) is 4.79 Å². The Balaban J connectivity index is 1.96. The first kappa shape index (κ1) is 11.0. The smallest absolute Gasteiger partial charge is 0.265 e. The molecule has 0 bridgehead atoms. The molecule has 1 aromatic carbocycles. The number of fused-ring (bicyclic) bond motifs is 1. The van der Waals surface area contributed by atoms with Crippen LogP contribution < -0.4 is 10.1 Å². The largest absolute Gasteiger partial charge is 0.479 e. The van der Waals surface area contributed by atoms with Crippen molar-refractivity contribution in [2.45, 2.75) is 17.4 Å². The number of nitrogens with one attached hydrogen (secondary N) is 1. The molecule has 17 heavy (non-hydrogen) atoms. The standard InChI is InChI=1S/C12H12BrNO3/c1-7-11(15)14-9-4-8(2-3-10(9)17-7)12(13)5-16-6-12/h2-4,7H,5-6H2,1H3,(H,14,15). The predicted octanol–water partition coefficient (Wildman–Crippen LogP) is 2.03. The summed E-state index contributed by atoms with van der Waals surface area (Å²) in [4.78, 5) is 11.5. The van der Waals surface area contributed by atoms with E-state index >= 15 is 0 Å². The van der Waals surface area contributed by atoms with Gasteiger partial charge < -0.3 is 14.8 Å². The lowest BCUT2D eigenvalue weighted by atomic mass is 9.96. The number of rotatable bonds is 1. The van der Waals surface area contributed by atoms with E-state index in [0.29, 0.717) is 13.2 Å². The molecule has 2 heterocycles. The molecule has 0 radical (unpaired) electrons. The highest BCUT2D eigenvalue weighted by molar-refractivity contribution is 9.09. The molecule has 0 aliphatic carbocycles. The first-order valence-electron chi connectivity index (χ1n) is 5.47. The van der Waals surface area contributed by atoms with Crippen LogP contribution in [0.5, 0.6) is 5.75 Å². The van der Waals surface area contributed by atoms with Crippen molar-refractivity contribution in [3.8, 4) is 5.75 Å². The summed E-state index contributed by atoms with van der Waals surface area (Å²) in [6.45, 7) is 3.03. The molecule has 1 unspecified atom stereocenters. The van der Waals surface area contributed by atoms with E-state index in [1.807, 2.05) is 18.2 Å². The van der Waals surface area contributed by atoms with Gasteiger partial charge in [0.15, 0.2) is 6.10 Å². The van der Waals surface area contributed by atoms with E-state index in [2.05, 4.69) is 21.2 Å². The molecule has 5 heteroatoms. The number of anilines is 1. The molecule has 90 valence electrons. The fourth-order valence-corrected chi connectivity index (χ4v) is 2.51. The van der Waals surface area contributed by atoms with Crippen LogP contribution in [0, 0.1) is 0 Å². The molecule has 0 saturated carbocycles. The third-order valence-corrected chi connectivity index (χ3v) is 4.01. The topological polar surface area (TPSA) is 47.6 Å². The number of carbonyl (C=O) groups excluding carboxylic acids is 1. The zero-order valence-corrected chi connectivity index (χ0v) is 10.9.